The highest BCUT2D eigenvalue weighted by molar-refractivity contribution is 5.97. The fourth-order valence-corrected chi connectivity index (χ4v) is 3.77. The van der Waals surface area contributed by atoms with Crippen molar-refractivity contribution in [2.75, 3.05) is 0 Å². The molecule has 22 heavy (non-hydrogen) atoms. The van der Waals surface area contributed by atoms with E-state index in [0.717, 1.165) is 37.0 Å². The number of aliphatic hydroxyl groups is 1. The summed E-state index contributed by atoms with van der Waals surface area (Å²) in [6, 6.07) is 0. The average molecular weight is 308 g/mol. The quantitative estimate of drug-likeness (QED) is 0.617. The Hall–Kier alpha value is -0.830. The molecule has 2 atom stereocenters. The van der Waals surface area contributed by atoms with Crippen LogP contribution in [-0.4, -0.2) is 17.2 Å². The number of unbranched alkanes of at least 4 members (excludes halogenated alkanes) is 7. The van der Waals surface area contributed by atoms with E-state index in [1.807, 2.05) is 0 Å². The first-order valence-corrected chi connectivity index (χ1v) is 9.33. The molecule has 126 valence electrons. The van der Waals surface area contributed by atoms with E-state index in [0.29, 0.717) is 12.8 Å². The number of aliphatic hydroxyl groups excluding tert-OH is 1. The topological polar surface area (TPSA) is 46.5 Å². The summed E-state index contributed by atoms with van der Waals surface area (Å²) < 4.78 is 5.49. The fourth-order valence-electron chi connectivity index (χ4n) is 3.77. The summed E-state index contributed by atoms with van der Waals surface area (Å²) in [4.78, 5) is 12.2. The molecule has 0 radical (unpaired) electrons. The van der Waals surface area contributed by atoms with Crippen LogP contribution in [-0.2, 0) is 9.53 Å². The molecule has 0 bridgehead atoms. The van der Waals surface area contributed by atoms with Gasteiger partial charge in [0, 0.05) is 24.8 Å². The third-order valence-corrected chi connectivity index (χ3v) is 4.99. The van der Waals surface area contributed by atoms with Crippen LogP contribution < -0.4 is 0 Å². The Labute approximate surface area is 135 Å². The second-order valence-corrected chi connectivity index (χ2v) is 6.88. The molecule has 0 saturated heterocycles. The van der Waals surface area contributed by atoms with Crippen LogP contribution in [0, 0.1) is 5.92 Å². The van der Waals surface area contributed by atoms with Crippen molar-refractivity contribution in [2.45, 2.75) is 96.7 Å². The van der Waals surface area contributed by atoms with Crippen molar-refractivity contribution < 1.29 is 14.6 Å². The Morgan fingerprint density at radius 1 is 1.05 bits per heavy atom. The van der Waals surface area contributed by atoms with Gasteiger partial charge in [0.25, 0.3) is 0 Å². The SMILES string of the molecule is CCCCCCCCCC[C@@H]1CC(O)OC2=C1C(=O)CCC2. The standard InChI is InChI=1S/C19H32O3/c1-2-3-4-5-6-7-8-9-11-15-14-18(21)22-17-13-10-12-16(20)19(15)17/h15,18,21H,2-14H2,1H3/t15-,18?/m1/s1. The highest BCUT2D eigenvalue weighted by Crippen LogP contribution is 2.38. The van der Waals surface area contributed by atoms with Crippen molar-refractivity contribution in [1.82, 2.24) is 0 Å². The van der Waals surface area contributed by atoms with Crippen LogP contribution in [0.15, 0.2) is 11.3 Å². The molecule has 2 rings (SSSR count). The number of rotatable bonds is 9. The molecule has 3 nitrogen and oxygen atoms in total. The molecule has 0 aromatic heterocycles. The van der Waals surface area contributed by atoms with E-state index in [-0.39, 0.29) is 11.7 Å². The van der Waals surface area contributed by atoms with Crippen LogP contribution in [0.2, 0.25) is 0 Å². The molecule has 1 aliphatic heterocycles. The maximum atomic E-state index is 12.2. The lowest BCUT2D eigenvalue weighted by Crippen LogP contribution is -2.31. The van der Waals surface area contributed by atoms with Crippen LogP contribution in [0.1, 0.15) is 90.4 Å². The second-order valence-electron chi connectivity index (χ2n) is 6.88. The second kappa shape index (κ2) is 9.34. The molecular formula is C19H32O3. The Bertz CT molecular complexity index is 386. The molecule has 0 aromatic carbocycles. The van der Waals surface area contributed by atoms with Crippen molar-refractivity contribution in [3.8, 4) is 0 Å². The monoisotopic (exact) mass is 308 g/mol. The van der Waals surface area contributed by atoms with E-state index < -0.39 is 6.29 Å². The summed E-state index contributed by atoms with van der Waals surface area (Å²) in [5.41, 5.74) is 0.916. The van der Waals surface area contributed by atoms with Gasteiger partial charge in [-0.05, 0) is 18.8 Å². The number of carbonyl (C=O) groups is 1. The lowest BCUT2D eigenvalue weighted by Gasteiger charge is -2.33. The van der Waals surface area contributed by atoms with Crippen molar-refractivity contribution >= 4 is 5.78 Å². The van der Waals surface area contributed by atoms with Gasteiger partial charge in [-0.2, -0.15) is 0 Å². The Kier molecular flexibility index (Phi) is 7.44. The van der Waals surface area contributed by atoms with Gasteiger partial charge in [0.1, 0.15) is 5.76 Å². The largest absolute Gasteiger partial charge is 0.469 e. The van der Waals surface area contributed by atoms with Crippen molar-refractivity contribution in [3.63, 3.8) is 0 Å². The number of allylic oxidation sites excluding steroid dienone is 2. The Morgan fingerprint density at radius 3 is 2.45 bits per heavy atom. The third-order valence-electron chi connectivity index (χ3n) is 4.99. The number of hydrogen-bond acceptors (Lipinski definition) is 3. The molecule has 3 heteroatoms. The van der Waals surface area contributed by atoms with Crippen LogP contribution in [0.5, 0.6) is 0 Å². The molecule has 1 aliphatic carbocycles. The van der Waals surface area contributed by atoms with E-state index in [9.17, 15) is 9.90 Å². The maximum absolute atomic E-state index is 12.2. The molecule has 0 fully saturated rings. The van der Waals surface area contributed by atoms with E-state index in [4.69, 9.17) is 4.74 Å². The molecule has 1 heterocycles. The van der Waals surface area contributed by atoms with Gasteiger partial charge < -0.3 is 9.84 Å². The van der Waals surface area contributed by atoms with Crippen molar-refractivity contribution in [1.29, 1.82) is 0 Å². The summed E-state index contributed by atoms with van der Waals surface area (Å²) in [5.74, 6) is 1.28. The summed E-state index contributed by atoms with van der Waals surface area (Å²) in [7, 11) is 0. The van der Waals surface area contributed by atoms with Gasteiger partial charge in [-0.15, -0.1) is 0 Å². The molecule has 0 amide bonds. The average Bonchev–Trinajstić information content (AvgIpc) is 2.49. The lowest BCUT2D eigenvalue weighted by atomic mass is 9.80. The summed E-state index contributed by atoms with van der Waals surface area (Å²) in [6.45, 7) is 2.25. The maximum Gasteiger partial charge on any atom is 0.197 e. The van der Waals surface area contributed by atoms with E-state index in [1.54, 1.807) is 0 Å². The van der Waals surface area contributed by atoms with Gasteiger partial charge in [0.05, 0.1) is 0 Å². The molecule has 2 aliphatic rings. The lowest BCUT2D eigenvalue weighted by molar-refractivity contribution is -0.123. The highest BCUT2D eigenvalue weighted by Gasteiger charge is 2.34. The molecule has 0 saturated carbocycles. The molecule has 1 unspecified atom stereocenters. The smallest absolute Gasteiger partial charge is 0.197 e. The van der Waals surface area contributed by atoms with Crippen LogP contribution in [0.25, 0.3) is 0 Å². The van der Waals surface area contributed by atoms with Crippen LogP contribution in [0.4, 0.5) is 0 Å². The summed E-state index contributed by atoms with van der Waals surface area (Å²) >= 11 is 0. The van der Waals surface area contributed by atoms with Crippen molar-refractivity contribution in [2.24, 2.45) is 5.92 Å². The third kappa shape index (κ3) is 5.12. The van der Waals surface area contributed by atoms with Gasteiger partial charge in [0.2, 0.25) is 0 Å². The van der Waals surface area contributed by atoms with Gasteiger partial charge >= 0.3 is 0 Å². The number of hydrogen-bond donors (Lipinski definition) is 1. The van der Waals surface area contributed by atoms with E-state index in [1.165, 1.54) is 44.9 Å². The van der Waals surface area contributed by atoms with Crippen molar-refractivity contribution in [3.05, 3.63) is 11.3 Å². The first-order chi connectivity index (χ1) is 10.7. The molecule has 0 spiro atoms. The predicted octanol–water partition coefficient (Wildman–Crippen LogP) is 4.88. The van der Waals surface area contributed by atoms with E-state index >= 15 is 0 Å². The number of ketones is 1. The van der Waals surface area contributed by atoms with Gasteiger partial charge in [-0.1, -0.05) is 58.3 Å². The molecular weight excluding hydrogens is 276 g/mol. The number of carbonyl (C=O) groups excluding carboxylic acids is 1. The Balaban J connectivity index is 1.71. The highest BCUT2D eigenvalue weighted by atomic mass is 16.6. The fraction of sp³-hybridized carbons (Fsp3) is 0.842. The zero-order chi connectivity index (χ0) is 15.8. The minimum atomic E-state index is -0.705. The Morgan fingerprint density at radius 2 is 1.73 bits per heavy atom. The normalized spacial score (nSPS) is 25.1. The first-order valence-electron chi connectivity index (χ1n) is 9.33. The first kappa shape index (κ1) is 17.5. The predicted molar refractivity (Wildman–Crippen MR) is 88.3 cm³/mol. The van der Waals surface area contributed by atoms with Crippen LogP contribution in [0.3, 0.4) is 0 Å². The zero-order valence-electron chi connectivity index (χ0n) is 14.1. The minimum Gasteiger partial charge on any atom is -0.469 e. The number of Topliss-reactive ketones (excluding diaryl/α,β-unsaturated/α-hetero) is 1. The summed E-state index contributed by atoms with van der Waals surface area (Å²) in [6.07, 6.45) is 13.7. The molecule has 1 N–H and O–H groups in total. The van der Waals surface area contributed by atoms with E-state index in [2.05, 4.69) is 6.92 Å². The van der Waals surface area contributed by atoms with Gasteiger partial charge in [-0.3, -0.25) is 4.79 Å². The van der Waals surface area contributed by atoms with Crippen LogP contribution >= 0.6 is 0 Å². The van der Waals surface area contributed by atoms with Gasteiger partial charge in [-0.25, -0.2) is 0 Å². The van der Waals surface area contributed by atoms with Gasteiger partial charge in [0.15, 0.2) is 12.1 Å². The zero-order valence-corrected chi connectivity index (χ0v) is 14.1. The number of ether oxygens (including phenoxy) is 1. The minimum absolute atomic E-state index is 0.228. The molecule has 0 aromatic rings. The summed E-state index contributed by atoms with van der Waals surface area (Å²) in [5, 5.41) is 9.86.